The summed E-state index contributed by atoms with van der Waals surface area (Å²) < 4.78 is 0. The van der Waals surface area contributed by atoms with Gasteiger partial charge in [0.1, 0.15) is 0 Å². The second-order valence-corrected chi connectivity index (χ2v) is 5.36. The first-order valence-corrected chi connectivity index (χ1v) is 7.27. The van der Waals surface area contributed by atoms with Gasteiger partial charge < -0.3 is 10.2 Å². The van der Waals surface area contributed by atoms with E-state index in [2.05, 4.69) is 17.4 Å². The first kappa shape index (κ1) is 14.6. The van der Waals surface area contributed by atoms with E-state index in [0.717, 1.165) is 25.8 Å². The average molecular weight is 274 g/mol. The molecule has 2 amide bonds. The van der Waals surface area contributed by atoms with Gasteiger partial charge in [0.2, 0.25) is 11.8 Å². The summed E-state index contributed by atoms with van der Waals surface area (Å²) in [5.74, 6) is 0.000645. The van der Waals surface area contributed by atoms with Gasteiger partial charge in [-0.3, -0.25) is 9.59 Å². The highest BCUT2D eigenvalue weighted by atomic mass is 16.2. The third-order valence-electron chi connectivity index (χ3n) is 3.73. The molecule has 1 N–H and O–H groups in total. The molecule has 1 fully saturated rings. The Morgan fingerprint density at radius 1 is 1.20 bits per heavy atom. The van der Waals surface area contributed by atoms with Gasteiger partial charge in [-0.15, -0.1) is 0 Å². The number of carbonyl (C=O) groups is 2. The number of amides is 2. The SMILES string of the molecule is CC1CC(=O)NCC(=O)N1CCCCc1ccccc1. The largest absolute Gasteiger partial charge is 0.347 e. The van der Waals surface area contributed by atoms with Crippen molar-refractivity contribution < 1.29 is 9.59 Å². The predicted molar refractivity (Wildman–Crippen MR) is 78.2 cm³/mol. The van der Waals surface area contributed by atoms with Crippen LogP contribution in [0.25, 0.3) is 0 Å². The molecule has 0 spiro atoms. The summed E-state index contributed by atoms with van der Waals surface area (Å²) in [6, 6.07) is 10.4. The highest BCUT2D eigenvalue weighted by Crippen LogP contribution is 2.11. The molecule has 4 nitrogen and oxygen atoms in total. The normalized spacial score (nSPS) is 19.6. The first-order chi connectivity index (χ1) is 9.66. The van der Waals surface area contributed by atoms with E-state index in [1.165, 1.54) is 5.56 Å². The molecule has 4 heteroatoms. The number of aryl methyl sites for hydroxylation is 1. The lowest BCUT2D eigenvalue weighted by molar-refractivity contribution is -0.131. The van der Waals surface area contributed by atoms with Gasteiger partial charge in [0.05, 0.1) is 6.54 Å². The molecule has 0 aromatic heterocycles. The van der Waals surface area contributed by atoms with Gasteiger partial charge in [-0.05, 0) is 31.7 Å². The monoisotopic (exact) mass is 274 g/mol. The fraction of sp³-hybridized carbons (Fsp3) is 0.500. The fourth-order valence-corrected chi connectivity index (χ4v) is 2.57. The number of hydrogen-bond donors (Lipinski definition) is 1. The topological polar surface area (TPSA) is 49.4 Å². The minimum absolute atomic E-state index is 0.00160. The third-order valence-corrected chi connectivity index (χ3v) is 3.73. The Balaban J connectivity index is 1.77. The van der Waals surface area contributed by atoms with Crippen LogP contribution in [-0.4, -0.2) is 35.8 Å². The highest BCUT2D eigenvalue weighted by molar-refractivity contribution is 5.87. The summed E-state index contributed by atoms with van der Waals surface area (Å²) in [4.78, 5) is 25.2. The fourth-order valence-electron chi connectivity index (χ4n) is 2.57. The van der Waals surface area contributed by atoms with Gasteiger partial charge in [-0.25, -0.2) is 0 Å². The molecule has 1 saturated heterocycles. The van der Waals surface area contributed by atoms with Gasteiger partial charge >= 0.3 is 0 Å². The molecule has 1 aromatic carbocycles. The van der Waals surface area contributed by atoms with E-state index in [9.17, 15) is 9.59 Å². The van der Waals surface area contributed by atoms with Crippen molar-refractivity contribution in [3.8, 4) is 0 Å². The van der Waals surface area contributed by atoms with Crippen molar-refractivity contribution >= 4 is 11.8 Å². The van der Waals surface area contributed by atoms with E-state index < -0.39 is 0 Å². The van der Waals surface area contributed by atoms with Gasteiger partial charge in [-0.2, -0.15) is 0 Å². The molecule has 1 aliphatic rings. The smallest absolute Gasteiger partial charge is 0.242 e. The minimum Gasteiger partial charge on any atom is -0.347 e. The maximum Gasteiger partial charge on any atom is 0.242 e. The van der Waals surface area contributed by atoms with E-state index >= 15 is 0 Å². The molecule has 1 unspecified atom stereocenters. The van der Waals surface area contributed by atoms with Crippen LogP contribution in [0.5, 0.6) is 0 Å². The molecule has 1 aliphatic heterocycles. The first-order valence-electron chi connectivity index (χ1n) is 7.27. The van der Waals surface area contributed by atoms with Crippen molar-refractivity contribution in [3.05, 3.63) is 35.9 Å². The number of unbranched alkanes of at least 4 members (excludes halogenated alkanes) is 1. The van der Waals surface area contributed by atoms with Gasteiger partial charge in [0.25, 0.3) is 0 Å². The number of hydrogen-bond acceptors (Lipinski definition) is 2. The molecule has 20 heavy (non-hydrogen) atoms. The van der Waals surface area contributed by atoms with Gasteiger partial charge in [0.15, 0.2) is 0 Å². The zero-order valence-corrected chi connectivity index (χ0v) is 12.0. The maximum atomic E-state index is 11.9. The average Bonchev–Trinajstić information content (AvgIpc) is 2.56. The van der Waals surface area contributed by atoms with Crippen LogP contribution in [0, 0.1) is 0 Å². The summed E-state index contributed by atoms with van der Waals surface area (Å²) in [6.07, 6.45) is 3.47. The zero-order valence-electron chi connectivity index (χ0n) is 12.0. The Bertz CT molecular complexity index is 459. The van der Waals surface area contributed by atoms with Crippen molar-refractivity contribution in [2.24, 2.45) is 0 Å². The Morgan fingerprint density at radius 2 is 1.95 bits per heavy atom. The Kier molecular flexibility index (Phi) is 5.16. The third kappa shape index (κ3) is 4.08. The van der Waals surface area contributed by atoms with Crippen molar-refractivity contribution in [1.82, 2.24) is 10.2 Å². The van der Waals surface area contributed by atoms with E-state index in [4.69, 9.17) is 0 Å². The number of nitrogens with zero attached hydrogens (tertiary/aromatic N) is 1. The van der Waals surface area contributed by atoms with Crippen LogP contribution >= 0.6 is 0 Å². The Labute approximate surface area is 120 Å². The van der Waals surface area contributed by atoms with Gasteiger partial charge in [0, 0.05) is 19.0 Å². The Morgan fingerprint density at radius 3 is 2.70 bits per heavy atom. The van der Waals surface area contributed by atoms with Crippen molar-refractivity contribution in [2.75, 3.05) is 13.1 Å². The molecule has 108 valence electrons. The molecule has 1 aromatic rings. The summed E-state index contributed by atoms with van der Waals surface area (Å²) in [7, 11) is 0. The standard InChI is InChI=1S/C16H22N2O2/c1-13-11-15(19)17-12-16(20)18(13)10-6-5-9-14-7-3-2-4-8-14/h2-4,7-8,13H,5-6,9-12H2,1H3,(H,17,19). The van der Waals surface area contributed by atoms with E-state index in [1.807, 2.05) is 30.0 Å². The number of carbonyl (C=O) groups excluding carboxylic acids is 2. The van der Waals surface area contributed by atoms with E-state index in [0.29, 0.717) is 6.42 Å². The summed E-state index contributed by atoms with van der Waals surface area (Å²) in [5, 5.41) is 2.64. The molecule has 2 rings (SSSR count). The van der Waals surface area contributed by atoms with Crippen LogP contribution in [0.2, 0.25) is 0 Å². The Hall–Kier alpha value is -1.84. The van der Waals surface area contributed by atoms with Crippen molar-refractivity contribution in [2.45, 2.75) is 38.6 Å². The van der Waals surface area contributed by atoms with Crippen molar-refractivity contribution in [1.29, 1.82) is 0 Å². The summed E-state index contributed by atoms with van der Waals surface area (Å²) in [5.41, 5.74) is 1.33. The van der Waals surface area contributed by atoms with Gasteiger partial charge in [-0.1, -0.05) is 30.3 Å². The summed E-state index contributed by atoms with van der Waals surface area (Å²) >= 11 is 0. The number of rotatable bonds is 5. The summed E-state index contributed by atoms with van der Waals surface area (Å²) in [6.45, 7) is 2.82. The maximum absolute atomic E-state index is 11.9. The lowest BCUT2D eigenvalue weighted by Gasteiger charge is -2.26. The van der Waals surface area contributed by atoms with Crippen LogP contribution < -0.4 is 5.32 Å². The second-order valence-electron chi connectivity index (χ2n) is 5.36. The van der Waals surface area contributed by atoms with Crippen molar-refractivity contribution in [3.63, 3.8) is 0 Å². The molecule has 0 radical (unpaired) electrons. The molecule has 0 aliphatic carbocycles. The number of benzene rings is 1. The molecule has 1 atom stereocenters. The molecule has 0 bridgehead atoms. The van der Waals surface area contributed by atoms with E-state index in [-0.39, 0.29) is 24.4 Å². The van der Waals surface area contributed by atoms with Crippen LogP contribution in [0.1, 0.15) is 31.7 Å². The van der Waals surface area contributed by atoms with Crippen LogP contribution in [-0.2, 0) is 16.0 Å². The molecule has 1 heterocycles. The van der Waals surface area contributed by atoms with Crippen LogP contribution in [0.15, 0.2) is 30.3 Å². The lowest BCUT2D eigenvalue weighted by Crippen LogP contribution is -2.40. The molecule has 0 saturated carbocycles. The van der Waals surface area contributed by atoms with Crippen LogP contribution in [0.3, 0.4) is 0 Å². The molecular formula is C16H22N2O2. The predicted octanol–water partition coefficient (Wildman–Crippen LogP) is 1.75. The highest BCUT2D eigenvalue weighted by Gasteiger charge is 2.25. The van der Waals surface area contributed by atoms with E-state index in [1.54, 1.807) is 0 Å². The minimum atomic E-state index is -0.0300. The quantitative estimate of drug-likeness (QED) is 0.832. The molecular weight excluding hydrogens is 252 g/mol. The number of nitrogens with one attached hydrogen (secondary N) is 1. The van der Waals surface area contributed by atoms with Crippen LogP contribution in [0.4, 0.5) is 0 Å². The second kappa shape index (κ2) is 7.08. The lowest BCUT2D eigenvalue weighted by atomic mass is 10.1. The zero-order chi connectivity index (χ0) is 14.4.